The first-order chi connectivity index (χ1) is 35.7. The molecule has 422 valence electrons. The summed E-state index contributed by atoms with van der Waals surface area (Å²) in [5.41, 5.74) is 22.8. The van der Waals surface area contributed by atoms with Crippen LogP contribution < -0.4 is 65.5 Å². The molecule has 22 N–H and O–H groups in total. The van der Waals surface area contributed by atoms with E-state index >= 15 is 0 Å². The molecule has 1 heterocycles. The molecule has 0 saturated heterocycles. The highest BCUT2D eigenvalue weighted by Crippen LogP contribution is 2.20. The van der Waals surface area contributed by atoms with Crippen LogP contribution in [0.5, 0.6) is 0 Å². The Bertz CT molecular complexity index is 2380. The Kier molecular flexibility index (Phi) is 26.9. The number of aliphatic hydroxyl groups excluding tert-OH is 3. The van der Waals surface area contributed by atoms with E-state index in [4.69, 9.17) is 22.9 Å². The van der Waals surface area contributed by atoms with Crippen molar-refractivity contribution in [3.8, 4) is 0 Å². The number of carboxylic acid groups (broad SMARTS) is 2. The van der Waals surface area contributed by atoms with Crippen LogP contribution in [0.4, 0.5) is 0 Å². The van der Waals surface area contributed by atoms with Crippen LogP contribution in [0, 0.1) is 5.92 Å². The molecule has 30 nitrogen and oxygen atoms in total. The number of rotatable bonds is 35. The van der Waals surface area contributed by atoms with Crippen molar-refractivity contribution in [2.75, 3.05) is 19.8 Å². The zero-order valence-electron chi connectivity index (χ0n) is 42.2. The van der Waals surface area contributed by atoms with Crippen LogP contribution in [-0.2, 0) is 64.0 Å². The predicted octanol–water partition coefficient (Wildman–Crippen LogP) is -6.84. The minimum absolute atomic E-state index is 0.0323. The molecular formula is C46H71N13O17. The number of carboxylic acids is 2. The van der Waals surface area contributed by atoms with E-state index in [1.54, 1.807) is 24.3 Å². The van der Waals surface area contributed by atoms with Crippen LogP contribution in [0.25, 0.3) is 10.9 Å². The molecule has 2 aromatic rings. The topological polar surface area (TPSA) is 522 Å². The number of aliphatic carboxylic acids is 2. The lowest BCUT2D eigenvalue weighted by atomic mass is 10.0. The highest BCUT2D eigenvalue weighted by atomic mass is 16.4. The standard InChI is InChI=1S/C46H71N13O17/c1-21(2)36(58-38(67)25(48)19-60)44(73)53-28(12-14-34(50)64)40(69)59-37(22(3)62)45(74)57-32(20-61)43(72)52-27(11-13-33(49)63)39(68)56-31(17-35(65)66)42(71)55-30(16-23-18-51-26-9-5-4-8-24(23)26)41(70)54-29(46(75)76)10-6-7-15-47/h4-5,8-9,18,21-22,25,27-32,36-37,51,60-62H,6-7,10-17,19-20,47-48H2,1-3H3,(H2,49,63)(H2,50,64)(H,52,72)(H,53,73)(H,54,70)(H,55,71)(H,56,68)(H,57,74)(H,58,67)(H,59,69)(H,65,66)(H,75,76)/t22-,25+,27+,28+,29+,30+,31+,32+,36+,37+/m1/s1. The van der Waals surface area contributed by atoms with Crippen molar-refractivity contribution in [1.82, 2.24) is 47.5 Å². The van der Waals surface area contributed by atoms with Crippen LogP contribution in [0.15, 0.2) is 30.5 Å². The largest absolute Gasteiger partial charge is 0.481 e. The number of amides is 10. The van der Waals surface area contributed by atoms with Gasteiger partial charge < -0.3 is 96.0 Å². The molecule has 1 aromatic carbocycles. The van der Waals surface area contributed by atoms with Gasteiger partial charge in [0.25, 0.3) is 0 Å². The Balaban J connectivity index is 2.40. The third kappa shape index (κ3) is 21.2. The number of primary amides is 2. The number of aromatic amines is 1. The molecule has 10 atom stereocenters. The third-order valence-corrected chi connectivity index (χ3v) is 11.6. The van der Waals surface area contributed by atoms with Crippen LogP contribution >= 0.6 is 0 Å². The van der Waals surface area contributed by atoms with Crippen LogP contribution in [0.1, 0.15) is 77.7 Å². The summed E-state index contributed by atoms with van der Waals surface area (Å²) >= 11 is 0. The maximum absolute atomic E-state index is 14.0. The normalized spacial score (nSPS) is 15.1. The molecule has 0 radical (unpaired) electrons. The van der Waals surface area contributed by atoms with E-state index in [0.29, 0.717) is 29.3 Å². The number of carbonyl (C=O) groups is 12. The number of para-hydroxylation sites is 1. The number of hydrogen-bond donors (Lipinski definition) is 18. The van der Waals surface area contributed by atoms with Crippen LogP contribution in [0.2, 0.25) is 0 Å². The number of benzene rings is 1. The lowest BCUT2D eigenvalue weighted by Gasteiger charge is -2.28. The summed E-state index contributed by atoms with van der Waals surface area (Å²) in [5.74, 6) is -14.9. The number of H-pyrrole nitrogens is 1. The number of hydrogen-bond acceptors (Lipinski definition) is 17. The van der Waals surface area contributed by atoms with E-state index in [1.807, 2.05) is 0 Å². The van der Waals surface area contributed by atoms with Crippen molar-refractivity contribution in [3.63, 3.8) is 0 Å². The van der Waals surface area contributed by atoms with Crippen molar-refractivity contribution in [2.45, 2.75) is 139 Å². The summed E-state index contributed by atoms with van der Waals surface area (Å²) in [6.45, 7) is 2.35. The number of fused-ring (bicyclic) bond motifs is 1. The number of nitrogens with one attached hydrogen (secondary N) is 9. The molecule has 0 saturated carbocycles. The highest BCUT2D eigenvalue weighted by molar-refractivity contribution is 5.99. The maximum atomic E-state index is 14.0. The van der Waals surface area contributed by atoms with Gasteiger partial charge in [-0.3, -0.25) is 52.7 Å². The van der Waals surface area contributed by atoms with Gasteiger partial charge in [0.1, 0.15) is 54.4 Å². The monoisotopic (exact) mass is 1080 g/mol. The van der Waals surface area contributed by atoms with Gasteiger partial charge in [-0.1, -0.05) is 32.0 Å². The van der Waals surface area contributed by atoms with Crippen LogP contribution in [-0.4, -0.2) is 182 Å². The fourth-order valence-corrected chi connectivity index (χ4v) is 7.32. The molecular weight excluding hydrogens is 1010 g/mol. The minimum atomic E-state index is -2.02. The van der Waals surface area contributed by atoms with Crippen molar-refractivity contribution < 1.29 is 83.1 Å². The number of aromatic nitrogens is 1. The van der Waals surface area contributed by atoms with Crippen molar-refractivity contribution in [1.29, 1.82) is 0 Å². The van der Waals surface area contributed by atoms with E-state index in [0.717, 1.165) is 6.92 Å². The second kappa shape index (κ2) is 31.8. The summed E-state index contributed by atoms with van der Waals surface area (Å²) in [6.07, 6.45) is -3.11. The van der Waals surface area contributed by atoms with Gasteiger partial charge in [0.2, 0.25) is 59.1 Å². The van der Waals surface area contributed by atoms with E-state index in [-0.39, 0.29) is 19.4 Å². The summed E-state index contributed by atoms with van der Waals surface area (Å²) < 4.78 is 0. The first-order valence-corrected chi connectivity index (χ1v) is 24.1. The molecule has 1 aromatic heterocycles. The SMILES string of the molecule is CC(C)[C@H](NC(=O)[C@@H](N)CO)C(=O)N[C@@H](CCC(N)=O)C(=O)N[C@H](C(=O)N[C@@H](CO)C(=O)N[C@@H](CCC(N)=O)C(=O)N[C@@H](CC(=O)O)C(=O)N[C@@H](Cc1c[nH]c2ccccc12)C(=O)N[C@@H](CCCCN)C(=O)O)[C@@H](C)O. The zero-order chi connectivity index (χ0) is 57.4. The molecule has 0 aliphatic heterocycles. The summed E-state index contributed by atoms with van der Waals surface area (Å²) in [6, 6.07) is -8.41. The number of unbranched alkanes of at least 4 members (excludes halogenated alkanes) is 1. The average Bonchev–Trinajstić information content (AvgIpc) is 3.76. The molecule has 10 amide bonds. The lowest BCUT2D eigenvalue weighted by molar-refractivity contribution is -0.143. The van der Waals surface area contributed by atoms with Crippen molar-refractivity contribution in [3.05, 3.63) is 36.0 Å². The quantitative estimate of drug-likeness (QED) is 0.0285. The van der Waals surface area contributed by atoms with Crippen molar-refractivity contribution >= 4 is 81.9 Å². The maximum Gasteiger partial charge on any atom is 0.326 e. The molecule has 0 unspecified atom stereocenters. The Hall–Kier alpha value is -7.80. The van der Waals surface area contributed by atoms with Gasteiger partial charge >= 0.3 is 11.9 Å². The Morgan fingerprint density at radius 1 is 0.566 bits per heavy atom. The average molecular weight is 1080 g/mol. The Morgan fingerprint density at radius 2 is 1.04 bits per heavy atom. The van der Waals surface area contributed by atoms with Gasteiger partial charge in [0.05, 0.1) is 25.7 Å². The van der Waals surface area contributed by atoms with Gasteiger partial charge in [0, 0.05) is 36.4 Å². The van der Waals surface area contributed by atoms with E-state index in [9.17, 15) is 83.1 Å². The molecule has 2 rings (SSSR count). The van der Waals surface area contributed by atoms with Crippen LogP contribution in [0.3, 0.4) is 0 Å². The van der Waals surface area contributed by atoms with Crippen molar-refractivity contribution in [2.24, 2.45) is 28.9 Å². The van der Waals surface area contributed by atoms with Gasteiger partial charge in [0.15, 0.2) is 0 Å². The fourth-order valence-electron chi connectivity index (χ4n) is 7.32. The third-order valence-electron chi connectivity index (χ3n) is 11.6. The summed E-state index contributed by atoms with van der Waals surface area (Å²) in [5, 5.41) is 68.4. The number of carbonyl (C=O) groups excluding carboxylic acids is 10. The summed E-state index contributed by atoms with van der Waals surface area (Å²) in [4.78, 5) is 159. The second-order valence-corrected chi connectivity index (χ2v) is 18.1. The molecule has 0 spiro atoms. The number of aliphatic hydroxyl groups is 3. The first kappa shape index (κ1) is 64.3. The first-order valence-electron chi connectivity index (χ1n) is 24.1. The molecule has 0 aliphatic carbocycles. The smallest absolute Gasteiger partial charge is 0.326 e. The Labute approximate surface area is 435 Å². The van der Waals surface area contributed by atoms with Gasteiger partial charge in [-0.15, -0.1) is 0 Å². The molecule has 30 heteroatoms. The van der Waals surface area contributed by atoms with E-state index in [2.05, 4.69) is 47.5 Å². The predicted molar refractivity (Wildman–Crippen MR) is 266 cm³/mol. The van der Waals surface area contributed by atoms with E-state index < -0.39 is 183 Å². The van der Waals surface area contributed by atoms with E-state index in [1.165, 1.54) is 20.0 Å². The van der Waals surface area contributed by atoms with Gasteiger partial charge in [-0.05, 0) is 63.1 Å². The number of nitrogens with two attached hydrogens (primary N) is 4. The lowest BCUT2D eigenvalue weighted by Crippen LogP contribution is -2.62. The fraction of sp³-hybridized carbons (Fsp3) is 0.565. The summed E-state index contributed by atoms with van der Waals surface area (Å²) in [7, 11) is 0. The minimum Gasteiger partial charge on any atom is -0.481 e. The van der Waals surface area contributed by atoms with Gasteiger partial charge in [-0.2, -0.15) is 0 Å². The molecule has 0 fully saturated rings. The highest BCUT2D eigenvalue weighted by Gasteiger charge is 2.37. The van der Waals surface area contributed by atoms with Gasteiger partial charge in [-0.25, -0.2) is 4.79 Å². The molecule has 76 heavy (non-hydrogen) atoms. The molecule has 0 aliphatic rings. The second-order valence-electron chi connectivity index (χ2n) is 18.1. The Morgan fingerprint density at radius 3 is 1.57 bits per heavy atom. The molecule has 0 bridgehead atoms. The zero-order valence-corrected chi connectivity index (χ0v) is 42.2.